The molecule has 0 spiro atoms. The molecule has 12 rings (SSSR count). The lowest BCUT2D eigenvalue weighted by Gasteiger charge is -2.23. The van der Waals surface area contributed by atoms with Crippen LogP contribution in [0.2, 0.25) is 0 Å². The maximum atomic E-state index is 5.06. The third-order valence-electron chi connectivity index (χ3n) is 12.5. The average molecular weight is 728 g/mol. The summed E-state index contributed by atoms with van der Waals surface area (Å²) >= 11 is 0. The van der Waals surface area contributed by atoms with Gasteiger partial charge in [0.15, 0.2) is 0 Å². The van der Waals surface area contributed by atoms with Crippen molar-refractivity contribution in [1.29, 1.82) is 0 Å². The van der Waals surface area contributed by atoms with E-state index in [1.54, 1.807) is 0 Å². The first-order valence-electron chi connectivity index (χ1n) is 19.8. The standard InChI is InChI=1S/C54H37N3/c1-54(2)45-32-39(34-22-26-41(27-23-34)56-48-17-9-6-14-43(48)44-15-7-10-18-49(44)56)30-37-20-21-38-31-40(33-46(54)52(38)51(37)45)35-24-28-42(29-25-35)57-50-19-11-8-16-47(50)55-53(57)36-12-4-3-5-13-36/h3-33H,1-2H3. The molecule has 0 aliphatic heterocycles. The number of nitrogens with zero attached hydrogens (tertiary/aromatic N) is 3. The van der Waals surface area contributed by atoms with Crippen molar-refractivity contribution in [1.82, 2.24) is 14.1 Å². The summed E-state index contributed by atoms with van der Waals surface area (Å²) in [6, 6.07) is 68.7. The van der Waals surface area contributed by atoms with Crippen LogP contribution in [0.5, 0.6) is 0 Å². The third-order valence-corrected chi connectivity index (χ3v) is 12.5. The number of hydrogen-bond acceptors (Lipinski definition) is 1. The fourth-order valence-corrected chi connectivity index (χ4v) is 9.67. The van der Waals surface area contributed by atoms with Gasteiger partial charge >= 0.3 is 0 Å². The molecule has 0 N–H and O–H groups in total. The van der Waals surface area contributed by atoms with Gasteiger partial charge in [-0.2, -0.15) is 0 Å². The van der Waals surface area contributed by atoms with E-state index in [1.165, 1.54) is 82.4 Å². The molecule has 0 amide bonds. The van der Waals surface area contributed by atoms with Crippen LogP contribution in [0, 0.1) is 0 Å². The molecule has 0 fully saturated rings. The molecular formula is C54H37N3. The zero-order valence-corrected chi connectivity index (χ0v) is 31.7. The smallest absolute Gasteiger partial charge is 0.145 e. The molecule has 268 valence electrons. The summed E-state index contributed by atoms with van der Waals surface area (Å²) < 4.78 is 4.66. The molecule has 0 saturated heterocycles. The van der Waals surface area contributed by atoms with Crippen LogP contribution in [0.15, 0.2) is 188 Å². The van der Waals surface area contributed by atoms with Gasteiger partial charge in [0, 0.05) is 33.1 Å². The van der Waals surface area contributed by atoms with Gasteiger partial charge in [-0.25, -0.2) is 4.98 Å². The van der Waals surface area contributed by atoms with Gasteiger partial charge in [0.1, 0.15) is 5.82 Å². The van der Waals surface area contributed by atoms with Gasteiger partial charge < -0.3 is 4.57 Å². The van der Waals surface area contributed by atoms with E-state index < -0.39 is 0 Å². The molecule has 57 heavy (non-hydrogen) atoms. The lowest BCUT2D eigenvalue weighted by Crippen LogP contribution is -2.15. The fourth-order valence-electron chi connectivity index (χ4n) is 9.67. The minimum absolute atomic E-state index is 0.157. The Hall–Kier alpha value is -7.23. The molecule has 2 aromatic heterocycles. The minimum Gasteiger partial charge on any atom is -0.309 e. The molecule has 1 aliphatic carbocycles. The second-order valence-electron chi connectivity index (χ2n) is 16.0. The van der Waals surface area contributed by atoms with Crippen molar-refractivity contribution in [3.05, 3.63) is 199 Å². The first kappa shape index (κ1) is 32.1. The zero-order valence-electron chi connectivity index (χ0n) is 31.7. The van der Waals surface area contributed by atoms with Crippen molar-refractivity contribution in [2.24, 2.45) is 0 Å². The average Bonchev–Trinajstić information content (AvgIpc) is 3.89. The summed E-state index contributed by atoms with van der Waals surface area (Å²) in [6.07, 6.45) is 0. The maximum Gasteiger partial charge on any atom is 0.145 e. The van der Waals surface area contributed by atoms with Crippen LogP contribution in [0.1, 0.15) is 25.0 Å². The van der Waals surface area contributed by atoms with E-state index in [1.807, 2.05) is 0 Å². The first-order chi connectivity index (χ1) is 28.0. The minimum atomic E-state index is -0.157. The summed E-state index contributed by atoms with van der Waals surface area (Å²) in [5.74, 6) is 0.949. The Kier molecular flexibility index (Phi) is 6.68. The number of imidazole rings is 1. The van der Waals surface area contributed by atoms with Crippen molar-refractivity contribution in [3.63, 3.8) is 0 Å². The molecule has 11 aromatic rings. The fraction of sp³-hybridized carbons (Fsp3) is 0.0556. The SMILES string of the molecule is CC1(C)c2cc(-c3ccc(-n4c(-c5ccccc5)nc5ccccc54)cc3)cc3ccc4cc(-c5ccc(-n6c7ccccc7c7ccccc76)cc5)cc1c4c23. The van der Waals surface area contributed by atoms with Gasteiger partial charge in [0.25, 0.3) is 0 Å². The van der Waals surface area contributed by atoms with Crippen LogP contribution in [0.4, 0.5) is 0 Å². The molecule has 0 atom stereocenters. The Morgan fingerprint density at radius 1 is 0.386 bits per heavy atom. The van der Waals surface area contributed by atoms with Crippen molar-refractivity contribution >= 4 is 54.4 Å². The number of para-hydroxylation sites is 4. The van der Waals surface area contributed by atoms with Crippen LogP contribution < -0.4 is 0 Å². The molecule has 0 saturated carbocycles. The number of benzene rings is 9. The lowest BCUT2D eigenvalue weighted by molar-refractivity contribution is 0.663. The number of hydrogen-bond donors (Lipinski definition) is 0. The van der Waals surface area contributed by atoms with Crippen LogP contribution in [0.25, 0.3) is 99.4 Å². The Morgan fingerprint density at radius 2 is 0.860 bits per heavy atom. The zero-order chi connectivity index (χ0) is 37.8. The monoisotopic (exact) mass is 727 g/mol. The predicted octanol–water partition coefficient (Wildman–Crippen LogP) is 14.1. The predicted molar refractivity (Wildman–Crippen MR) is 239 cm³/mol. The topological polar surface area (TPSA) is 22.8 Å². The molecule has 9 aromatic carbocycles. The highest BCUT2D eigenvalue weighted by Gasteiger charge is 2.35. The molecule has 0 radical (unpaired) electrons. The lowest BCUT2D eigenvalue weighted by atomic mass is 9.80. The van der Waals surface area contributed by atoms with Gasteiger partial charge in [-0.05, 0) is 128 Å². The number of aromatic nitrogens is 3. The van der Waals surface area contributed by atoms with Gasteiger partial charge in [-0.15, -0.1) is 0 Å². The molecule has 2 heterocycles. The molecular weight excluding hydrogens is 691 g/mol. The van der Waals surface area contributed by atoms with E-state index in [-0.39, 0.29) is 5.41 Å². The van der Waals surface area contributed by atoms with E-state index in [0.29, 0.717) is 0 Å². The highest BCUT2D eigenvalue weighted by atomic mass is 15.1. The van der Waals surface area contributed by atoms with Crippen LogP contribution in [0.3, 0.4) is 0 Å². The van der Waals surface area contributed by atoms with Gasteiger partial charge in [-0.1, -0.05) is 129 Å². The van der Waals surface area contributed by atoms with Crippen molar-refractivity contribution in [3.8, 4) is 45.0 Å². The molecule has 1 aliphatic rings. The first-order valence-corrected chi connectivity index (χ1v) is 19.8. The highest BCUT2D eigenvalue weighted by Crippen LogP contribution is 2.51. The Labute approximate surface area is 330 Å². The number of fused-ring (bicyclic) bond motifs is 4. The highest BCUT2D eigenvalue weighted by molar-refractivity contribution is 6.16. The van der Waals surface area contributed by atoms with Crippen LogP contribution in [-0.2, 0) is 5.41 Å². The third kappa shape index (κ3) is 4.69. The van der Waals surface area contributed by atoms with E-state index in [9.17, 15) is 0 Å². The van der Waals surface area contributed by atoms with Crippen LogP contribution >= 0.6 is 0 Å². The van der Waals surface area contributed by atoms with E-state index in [0.717, 1.165) is 28.1 Å². The van der Waals surface area contributed by atoms with Gasteiger partial charge in [-0.3, -0.25) is 4.57 Å². The summed E-state index contributed by atoms with van der Waals surface area (Å²) in [4.78, 5) is 5.06. The normalized spacial score (nSPS) is 13.2. The molecule has 0 unspecified atom stereocenters. The number of rotatable bonds is 5. The molecule has 3 heteroatoms. The second kappa shape index (κ2) is 11.9. The summed E-state index contributed by atoms with van der Waals surface area (Å²) in [7, 11) is 0. The Balaban J connectivity index is 0.916. The van der Waals surface area contributed by atoms with E-state index >= 15 is 0 Å². The van der Waals surface area contributed by atoms with Crippen molar-refractivity contribution in [2.45, 2.75) is 19.3 Å². The summed E-state index contributed by atoms with van der Waals surface area (Å²) in [6.45, 7) is 4.79. The van der Waals surface area contributed by atoms with Crippen molar-refractivity contribution < 1.29 is 0 Å². The van der Waals surface area contributed by atoms with Gasteiger partial charge in [0.2, 0.25) is 0 Å². The maximum absolute atomic E-state index is 5.06. The molecule has 3 nitrogen and oxygen atoms in total. The van der Waals surface area contributed by atoms with E-state index in [4.69, 9.17) is 4.98 Å². The Morgan fingerprint density at radius 3 is 1.42 bits per heavy atom. The van der Waals surface area contributed by atoms with E-state index in [2.05, 4.69) is 211 Å². The summed E-state index contributed by atoms with van der Waals surface area (Å²) in [5.41, 5.74) is 15.5. The van der Waals surface area contributed by atoms with Gasteiger partial charge in [0.05, 0.1) is 22.1 Å². The summed E-state index contributed by atoms with van der Waals surface area (Å²) in [5, 5.41) is 7.93. The largest absolute Gasteiger partial charge is 0.309 e. The quantitative estimate of drug-likeness (QED) is 0.162. The van der Waals surface area contributed by atoms with Crippen molar-refractivity contribution in [2.75, 3.05) is 0 Å². The Bertz CT molecular complexity index is 3350. The molecule has 0 bridgehead atoms. The second-order valence-corrected chi connectivity index (χ2v) is 16.0. The van der Waals surface area contributed by atoms with Crippen LogP contribution in [-0.4, -0.2) is 14.1 Å².